The van der Waals surface area contributed by atoms with Crippen LogP contribution in [0.25, 0.3) is 0 Å². The molecule has 0 saturated carbocycles. The second-order valence-corrected chi connectivity index (χ2v) is 7.19. The van der Waals surface area contributed by atoms with E-state index in [1.165, 1.54) is 0 Å². The summed E-state index contributed by atoms with van der Waals surface area (Å²) in [5.74, 6) is -1.66. The van der Waals surface area contributed by atoms with Gasteiger partial charge in [-0.1, -0.05) is 74.0 Å². The Bertz CT molecular complexity index is 920. The van der Waals surface area contributed by atoms with Crippen molar-refractivity contribution in [3.63, 3.8) is 0 Å². The van der Waals surface area contributed by atoms with Gasteiger partial charge in [-0.05, 0) is 17.5 Å². The maximum absolute atomic E-state index is 13.3. The Labute approximate surface area is 186 Å². The number of imide groups is 1. The van der Waals surface area contributed by atoms with Gasteiger partial charge in [0.05, 0.1) is 0 Å². The summed E-state index contributed by atoms with van der Waals surface area (Å²) in [6, 6.07) is 15.9. The third-order valence-electron chi connectivity index (χ3n) is 4.79. The number of nitro groups is 1. The van der Waals surface area contributed by atoms with Gasteiger partial charge in [-0.3, -0.25) is 19.7 Å². The number of carbonyl (C=O) groups excluding carboxylic acids is 3. The smallest absolute Gasteiger partial charge is 0.408 e. The fraction of sp³-hybridized carbons (Fsp3) is 0.348. The van der Waals surface area contributed by atoms with E-state index in [-0.39, 0.29) is 13.0 Å². The zero-order valence-corrected chi connectivity index (χ0v) is 18.1. The SMILES string of the molecule is CCCCC(N(C(C)=O)C(=O)C(NC(=O)OCc1ccccc1)c1ccccc1)[N+](=O)[O-]. The summed E-state index contributed by atoms with van der Waals surface area (Å²) >= 11 is 0. The van der Waals surface area contributed by atoms with Crippen LogP contribution < -0.4 is 5.32 Å². The molecule has 0 fully saturated rings. The maximum Gasteiger partial charge on any atom is 0.408 e. The number of hydrogen-bond donors (Lipinski definition) is 1. The van der Waals surface area contributed by atoms with Gasteiger partial charge in [0.25, 0.3) is 12.1 Å². The molecule has 0 aliphatic heterocycles. The molecule has 0 aromatic heterocycles. The minimum atomic E-state index is -1.52. The van der Waals surface area contributed by atoms with Crippen LogP contribution in [-0.2, 0) is 20.9 Å². The van der Waals surface area contributed by atoms with E-state index in [1.807, 2.05) is 13.0 Å². The Morgan fingerprint density at radius 2 is 1.66 bits per heavy atom. The van der Waals surface area contributed by atoms with Crippen molar-refractivity contribution in [1.29, 1.82) is 0 Å². The van der Waals surface area contributed by atoms with Crippen molar-refractivity contribution in [1.82, 2.24) is 10.2 Å². The lowest BCUT2D eigenvalue weighted by Crippen LogP contribution is -2.52. The van der Waals surface area contributed by atoms with E-state index >= 15 is 0 Å². The molecule has 0 bridgehead atoms. The maximum atomic E-state index is 13.3. The van der Waals surface area contributed by atoms with E-state index in [2.05, 4.69) is 5.32 Å². The minimum absolute atomic E-state index is 0.0210. The Morgan fingerprint density at radius 3 is 2.19 bits per heavy atom. The molecule has 170 valence electrons. The van der Waals surface area contributed by atoms with Crippen molar-refractivity contribution >= 4 is 17.9 Å². The Balaban J connectivity index is 2.27. The van der Waals surface area contributed by atoms with Gasteiger partial charge < -0.3 is 10.1 Å². The highest BCUT2D eigenvalue weighted by atomic mass is 16.6. The number of carbonyl (C=O) groups is 3. The van der Waals surface area contributed by atoms with Crippen molar-refractivity contribution in [3.05, 3.63) is 81.9 Å². The van der Waals surface area contributed by atoms with Crippen LogP contribution in [0.1, 0.15) is 50.3 Å². The van der Waals surface area contributed by atoms with Crippen molar-refractivity contribution in [3.8, 4) is 0 Å². The largest absolute Gasteiger partial charge is 0.445 e. The summed E-state index contributed by atoms with van der Waals surface area (Å²) in [5.41, 5.74) is 1.13. The third kappa shape index (κ3) is 6.90. The van der Waals surface area contributed by atoms with Gasteiger partial charge in [0, 0.05) is 18.3 Å². The van der Waals surface area contributed by atoms with Crippen LogP contribution in [0.5, 0.6) is 0 Å². The lowest BCUT2D eigenvalue weighted by Gasteiger charge is -2.27. The molecule has 2 unspecified atom stereocenters. The highest BCUT2D eigenvalue weighted by Crippen LogP contribution is 2.20. The Kier molecular flexibility index (Phi) is 9.34. The summed E-state index contributed by atoms with van der Waals surface area (Å²) < 4.78 is 5.20. The number of hydrogen-bond acceptors (Lipinski definition) is 6. The van der Waals surface area contributed by atoms with Crippen LogP contribution in [0, 0.1) is 10.1 Å². The third-order valence-corrected chi connectivity index (χ3v) is 4.79. The monoisotopic (exact) mass is 441 g/mol. The first-order valence-corrected chi connectivity index (χ1v) is 10.3. The summed E-state index contributed by atoms with van der Waals surface area (Å²) in [5, 5.41) is 14.1. The number of unbranched alkanes of at least 4 members (excludes halogenated alkanes) is 1. The Morgan fingerprint density at radius 1 is 1.06 bits per heavy atom. The highest BCUT2D eigenvalue weighted by Gasteiger charge is 2.40. The molecule has 2 aromatic carbocycles. The zero-order chi connectivity index (χ0) is 23.5. The van der Waals surface area contributed by atoms with Gasteiger partial charge in [-0.25, -0.2) is 9.69 Å². The van der Waals surface area contributed by atoms with Crippen LogP contribution in [0.15, 0.2) is 60.7 Å². The van der Waals surface area contributed by atoms with Crippen molar-refractivity contribution in [2.45, 2.75) is 51.9 Å². The number of ether oxygens (including phenoxy) is 1. The molecule has 32 heavy (non-hydrogen) atoms. The number of nitrogens with zero attached hydrogens (tertiary/aromatic N) is 2. The molecular weight excluding hydrogens is 414 g/mol. The van der Waals surface area contributed by atoms with Gasteiger partial charge >= 0.3 is 6.09 Å². The van der Waals surface area contributed by atoms with Crippen LogP contribution in [0.3, 0.4) is 0 Å². The van der Waals surface area contributed by atoms with Crippen LogP contribution >= 0.6 is 0 Å². The molecule has 0 aliphatic rings. The molecule has 2 aromatic rings. The normalized spacial score (nSPS) is 12.3. The van der Waals surface area contributed by atoms with E-state index in [0.717, 1.165) is 12.5 Å². The molecule has 9 heteroatoms. The molecule has 1 N–H and O–H groups in total. The first-order chi connectivity index (χ1) is 15.3. The number of benzene rings is 2. The molecule has 0 aliphatic carbocycles. The fourth-order valence-corrected chi connectivity index (χ4v) is 3.18. The van der Waals surface area contributed by atoms with Gasteiger partial charge in [0.2, 0.25) is 5.91 Å². The molecule has 0 spiro atoms. The van der Waals surface area contributed by atoms with E-state index in [9.17, 15) is 24.5 Å². The summed E-state index contributed by atoms with van der Waals surface area (Å²) in [6.07, 6.45) is -1.25. The average Bonchev–Trinajstić information content (AvgIpc) is 2.79. The zero-order valence-electron chi connectivity index (χ0n) is 18.1. The lowest BCUT2D eigenvalue weighted by molar-refractivity contribution is -0.543. The topological polar surface area (TPSA) is 119 Å². The second-order valence-electron chi connectivity index (χ2n) is 7.19. The average molecular weight is 441 g/mol. The standard InChI is InChI=1S/C23H27N3O6/c1-3-4-15-20(26(30)31)25(17(2)27)22(28)21(19-13-9-6-10-14-19)24-23(29)32-16-18-11-7-5-8-12-18/h5-14,20-21H,3-4,15-16H2,1-2H3,(H,24,29). The van der Waals surface area contributed by atoms with Crippen molar-refractivity contribution in [2.75, 3.05) is 0 Å². The molecule has 2 rings (SSSR count). The first-order valence-electron chi connectivity index (χ1n) is 10.3. The summed E-state index contributed by atoms with van der Waals surface area (Å²) in [7, 11) is 0. The fourth-order valence-electron chi connectivity index (χ4n) is 3.18. The van der Waals surface area contributed by atoms with E-state index in [0.29, 0.717) is 23.3 Å². The summed E-state index contributed by atoms with van der Waals surface area (Å²) in [4.78, 5) is 49.7. The van der Waals surface area contributed by atoms with E-state index in [4.69, 9.17) is 4.74 Å². The minimum Gasteiger partial charge on any atom is -0.445 e. The molecule has 9 nitrogen and oxygen atoms in total. The van der Waals surface area contributed by atoms with Crippen LogP contribution in [-0.4, -0.2) is 33.9 Å². The molecular formula is C23H27N3O6. The molecule has 3 amide bonds. The first kappa shape index (κ1) is 24.5. The molecule has 2 atom stereocenters. The highest BCUT2D eigenvalue weighted by molar-refractivity contribution is 5.98. The number of amides is 3. The molecule has 0 radical (unpaired) electrons. The Hall–Kier alpha value is -3.75. The second kappa shape index (κ2) is 12.2. The predicted molar refractivity (Wildman–Crippen MR) is 117 cm³/mol. The summed E-state index contributed by atoms with van der Waals surface area (Å²) in [6.45, 7) is 2.93. The lowest BCUT2D eigenvalue weighted by atomic mass is 10.0. The van der Waals surface area contributed by atoms with E-state index in [1.54, 1.807) is 54.6 Å². The van der Waals surface area contributed by atoms with E-state index < -0.39 is 35.0 Å². The van der Waals surface area contributed by atoms with Gasteiger partial charge in [0.1, 0.15) is 12.6 Å². The van der Waals surface area contributed by atoms with Crippen LogP contribution in [0.4, 0.5) is 4.79 Å². The molecule has 0 saturated heterocycles. The predicted octanol–water partition coefficient (Wildman–Crippen LogP) is 3.82. The van der Waals surface area contributed by atoms with Crippen LogP contribution in [0.2, 0.25) is 0 Å². The van der Waals surface area contributed by atoms with Gasteiger partial charge in [-0.15, -0.1) is 0 Å². The molecule has 0 heterocycles. The quantitative estimate of drug-likeness (QED) is 0.340. The number of nitrogens with one attached hydrogen (secondary N) is 1. The van der Waals surface area contributed by atoms with Crippen molar-refractivity contribution < 1.29 is 24.0 Å². The number of alkyl carbamates (subject to hydrolysis) is 1. The van der Waals surface area contributed by atoms with Gasteiger partial charge in [0.15, 0.2) is 0 Å². The van der Waals surface area contributed by atoms with Crippen molar-refractivity contribution in [2.24, 2.45) is 0 Å². The number of rotatable bonds is 10. The van der Waals surface area contributed by atoms with Gasteiger partial charge in [-0.2, -0.15) is 0 Å².